The van der Waals surface area contributed by atoms with Crippen molar-refractivity contribution in [3.63, 3.8) is 0 Å². The molecule has 2 heterocycles. The van der Waals surface area contributed by atoms with E-state index in [-0.39, 0.29) is 0 Å². The fourth-order valence-corrected chi connectivity index (χ4v) is 6.33. The zero-order valence-electron chi connectivity index (χ0n) is 23.5. The highest BCUT2D eigenvalue weighted by Crippen LogP contribution is 2.31. The fraction of sp³-hybridized carbons (Fsp3) is 0.394. The Morgan fingerprint density at radius 3 is 2.26 bits per heavy atom. The van der Waals surface area contributed by atoms with Crippen LogP contribution in [-0.4, -0.2) is 41.7 Å². The standard InChI is InChI=1S/C33H40N6/c1-4-39-30-12-8-6-9-26(30)28-19-25(17-18-31(28)39)21-34-20-23-13-15-24(16-14-23)22-35-33-36-29-11-7-5-10-27(29)32(37-33)38(2)3/h5-12,17-19,23-24,34H,4,13-16,20-22H2,1-3H3,(H,35,36,37). The lowest BCUT2D eigenvalue weighted by molar-refractivity contribution is 0.275. The van der Waals surface area contributed by atoms with Gasteiger partial charge < -0.3 is 20.1 Å². The second-order valence-corrected chi connectivity index (χ2v) is 11.3. The molecule has 202 valence electrons. The van der Waals surface area contributed by atoms with Crippen LogP contribution in [0.5, 0.6) is 0 Å². The first-order valence-corrected chi connectivity index (χ1v) is 14.5. The van der Waals surface area contributed by atoms with Crippen molar-refractivity contribution in [2.75, 3.05) is 37.4 Å². The van der Waals surface area contributed by atoms with Gasteiger partial charge in [0.25, 0.3) is 0 Å². The van der Waals surface area contributed by atoms with E-state index >= 15 is 0 Å². The maximum atomic E-state index is 4.80. The number of para-hydroxylation sites is 2. The summed E-state index contributed by atoms with van der Waals surface area (Å²) in [5.41, 5.74) is 5.02. The molecule has 0 unspecified atom stereocenters. The van der Waals surface area contributed by atoms with Crippen LogP contribution in [-0.2, 0) is 13.1 Å². The number of hydrogen-bond acceptors (Lipinski definition) is 5. The first-order chi connectivity index (χ1) is 19.1. The molecule has 0 spiro atoms. The van der Waals surface area contributed by atoms with Gasteiger partial charge in [0, 0.05) is 60.9 Å². The SMILES string of the molecule is CCn1c2ccccc2c2cc(CNCC3CCC(CNc4nc(N(C)C)c5ccccc5n4)CC3)ccc21. The summed E-state index contributed by atoms with van der Waals surface area (Å²) in [6.45, 7) is 6.18. The molecular weight excluding hydrogens is 480 g/mol. The molecule has 1 aliphatic carbocycles. The number of fused-ring (bicyclic) bond motifs is 4. The van der Waals surface area contributed by atoms with Crippen molar-refractivity contribution in [2.24, 2.45) is 11.8 Å². The van der Waals surface area contributed by atoms with Crippen LogP contribution in [0.25, 0.3) is 32.7 Å². The summed E-state index contributed by atoms with van der Waals surface area (Å²) in [6, 6.07) is 24.0. The van der Waals surface area contributed by atoms with Gasteiger partial charge in [-0.05, 0) is 86.9 Å². The number of nitrogens with zero attached hydrogens (tertiary/aromatic N) is 4. The molecule has 39 heavy (non-hydrogen) atoms. The number of rotatable bonds is 9. The van der Waals surface area contributed by atoms with Crippen molar-refractivity contribution < 1.29 is 0 Å². The van der Waals surface area contributed by atoms with Gasteiger partial charge in [-0.15, -0.1) is 0 Å². The molecule has 6 heteroatoms. The molecule has 2 N–H and O–H groups in total. The third kappa shape index (κ3) is 5.30. The minimum absolute atomic E-state index is 0.678. The van der Waals surface area contributed by atoms with Gasteiger partial charge in [0.15, 0.2) is 0 Å². The smallest absolute Gasteiger partial charge is 0.225 e. The van der Waals surface area contributed by atoms with Crippen LogP contribution in [0, 0.1) is 11.8 Å². The molecule has 0 radical (unpaired) electrons. The van der Waals surface area contributed by atoms with E-state index in [4.69, 9.17) is 9.97 Å². The van der Waals surface area contributed by atoms with Crippen LogP contribution in [0.3, 0.4) is 0 Å². The van der Waals surface area contributed by atoms with Gasteiger partial charge in [0.2, 0.25) is 5.95 Å². The topological polar surface area (TPSA) is 58.0 Å². The van der Waals surface area contributed by atoms with Crippen LogP contribution in [0.2, 0.25) is 0 Å². The van der Waals surface area contributed by atoms with Gasteiger partial charge in [-0.1, -0.05) is 36.4 Å². The van der Waals surface area contributed by atoms with E-state index in [1.54, 1.807) is 0 Å². The van der Waals surface area contributed by atoms with E-state index in [1.807, 2.05) is 26.2 Å². The van der Waals surface area contributed by atoms with E-state index in [0.717, 1.165) is 54.8 Å². The largest absolute Gasteiger partial charge is 0.362 e. The Morgan fingerprint density at radius 1 is 0.795 bits per heavy atom. The Bertz CT molecular complexity index is 1580. The maximum absolute atomic E-state index is 4.80. The Labute approximate surface area is 231 Å². The second-order valence-electron chi connectivity index (χ2n) is 11.3. The number of anilines is 2. The predicted molar refractivity (Wildman–Crippen MR) is 165 cm³/mol. The van der Waals surface area contributed by atoms with Crippen molar-refractivity contribution in [1.82, 2.24) is 19.9 Å². The molecule has 6 rings (SSSR count). The van der Waals surface area contributed by atoms with Crippen LogP contribution in [0.15, 0.2) is 66.7 Å². The Balaban J connectivity index is 1.00. The average Bonchev–Trinajstić information content (AvgIpc) is 3.29. The minimum Gasteiger partial charge on any atom is -0.362 e. The molecule has 1 fully saturated rings. The van der Waals surface area contributed by atoms with E-state index in [0.29, 0.717) is 5.92 Å². The van der Waals surface area contributed by atoms with E-state index < -0.39 is 0 Å². The number of aryl methyl sites for hydroxylation is 1. The molecule has 0 saturated heterocycles. The molecule has 6 nitrogen and oxygen atoms in total. The van der Waals surface area contributed by atoms with E-state index in [1.165, 1.54) is 53.1 Å². The lowest BCUT2D eigenvalue weighted by atomic mass is 9.82. The molecular formula is C33H40N6. The monoisotopic (exact) mass is 520 g/mol. The van der Waals surface area contributed by atoms with E-state index in [2.05, 4.69) is 81.6 Å². The van der Waals surface area contributed by atoms with E-state index in [9.17, 15) is 0 Å². The third-order valence-electron chi connectivity index (χ3n) is 8.44. The fourth-order valence-electron chi connectivity index (χ4n) is 6.33. The normalized spacial score (nSPS) is 17.7. The molecule has 0 bridgehead atoms. The summed E-state index contributed by atoms with van der Waals surface area (Å²) in [4.78, 5) is 11.6. The summed E-state index contributed by atoms with van der Waals surface area (Å²) in [7, 11) is 4.08. The van der Waals surface area contributed by atoms with Crippen molar-refractivity contribution in [3.05, 3.63) is 72.3 Å². The predicted octanol–water partition coefficient (Wildman–Crippen LogP) is 6.83. The molecule has 0 aliphatic heterocycles. The first kappa shape index (κ1) is 25.6. The summed E-state index contributed by atoms with van der Waals surface area (Å²) in [6.07, 6.45) is 5.08. The number of aromatic nitrogens is 3. The average molecular weight is 521 g/mol. The number of benzene rings is 3. The third-order valence-corrected chi connectivity index (χ3v) is 8.44. The Hall–Kier alpha value is -3.64. The van der Waals surface area contributed by atoms with Crippen LogP contribution < -0.4 is 15.5 Å². The van der Waals surface area contributed by atoms with Gasteiger partial charge in [-0.3, -0.25) is 0 Å². The number of nitrogens with one attached hydrogen (secondary N) is 2. The van der Waals surface area contributed by atoms with Gasteiger partial charge in [-0.2, -0.15) is 4.98 Å². The van der Waals surface area contributed by atoms with Gasteiger partial charge in [0.1, 0.15) is 5.82 Å². The molecule has 1 saturated carbocycles. The lowest BCUT2D eigenvalue weighted by Gasteiger charge is -2.29. The van der Waals surface area contributed by atoms with Gasteiger partial charge >= 0.3 is 0 Å². The summed E-state index contributed by atoms with van der Waals surface area (Å²) in [5, 5.41) is 11.1. The molecule has 0 amide bonds. The Kier molecular flexibility index (Phi) is 7.38. The molecule has 2 aromatic heterocycles. The number of hydrogen-bond donors (Lipinski definition) is 2. The molecule has 1 aliphatic rings. The highest BCUT2D eigenvalue weighted by atomic mass is 15.2. The lowest BCUT2D eigenvalue weighted by Crippen LogP contribution is -2.28. The van der Waals surface area contributed by atoms with Crippen LogP contribution in [0.4, 0.5) is 11.8 Å². The minimum atomic E-state index is 0.678. The highest BCUT2D eigenvalue weighted by molar-refractivity contribution is 6.08. The summed E-state index contributed by atoms with van der Waals surface area (Å²) in [5.74, 6) is 3.13. The van der Waals surface area contributed by atoms with Crippen LogP contribution in [0.1, 0.15) is 38.2 Å². The molecule has 5 aromatic rings. The van der Waals surface area contributed by atoms with Gasteiger partial charge in [-0.25, -0.2) is 4.98 Å². The summed E-state index contributed by atoms with van der Waals surface area (Å²) < 4.78 is 2.42. The summed E-state index contributed by atoms with van der Waals surface area (Å²) >= 11 is 0. The zero-order valence-corrected chi connectivity index (χ0v) is 23.5. The van der Waals surface area contributed by atoms with Crippen molar-refractivity contribution in [3.8, 4) is 0 Å². The zero-order chi connectivity index (χ0) is 26.8. The Morgan fingerprint density at radius 2 is 1.49 bits per heavy atom. The van der Waals surface area contributed by atoms with Crippen molar-refractivity contribution in [2.45, 2.75) is 45.7 Å². The van der Waals surface area contributed by atoms with Crippen molar-refractivity contribution >= 4 is 44.5 Å². The second kappa shape index (κ2) is 11.2. The van der Waals surface area contributed by atoms with Crippen molar-refractivity contribution in [1.29, 1.82) is 0 Å². The maximum Gasteiger partial charge on any atom is 0.225 e. The van der Waals surface area contributed by atoms with Crippen LogP contribution >= 0.6 is 0 Å². The highest BCUT2D eigenvalue weighted by Gasteiger charge is 2.21. The molecule has 3 aromatic carbocycles. The van der Waals surface area contributed by atoms with Gasteiger partial charge in [0.05, 0.1) is 5.52 Å². The first-order valence-electron chi connectivity index (χ1n) is 14.5. The quantitative estimate of drug-likeness (QED) is 0.223. The molecule has 0 atom stereocenters.